The van der Waals surface area contributed by atoms with Crippen LogP contribution < -0.4 is 10.6 Å². The molecule has 1 fully saturated rings. The minimum absolute atomic E-state index is 0.0665. The average Bonchev–Trinajstić information content (AvgIpc) is 2.76. The van der Waals surface area contributed by atoms with Crippen LogP contribution in [0.4, 0.5) is 5.69 Å². The highest BCUT2D eigenvalue weighted by Crippen LogP contribution is 2.38. The number of hydrogen-bond acceptors (Lipinski definition) is 3. The van der Waals surface area contributed by atoms with Crippen molar-refractivity contribution in [3.05, 3.63) is 11.4 Å². The van der Waals surface area contributed by atoms with Crippen molar-refractivity contribution in [1.82, 2.24) is 15.1 Å². The second-order valence-electron chi connectivity index (χ2n) is 7.78. The molecule has 1 aliphatic rings. The standard InChI is InChI=1S/C18H30N4O2/c1-7-22-13(4)15(12(3)21-22)20-17(24)16(23)19-14-8-9-18(5,6)10-11(14)2/h11,14H,7-10H2,1-6H3,(H,19,23)(H,20,24)/t11-,14-/m1/s1. The highest BCUT2D eigenvalue weighted by atomic mass is 16.2. The molecule has 0 aromatic carbocycles. The maximum absolute atomic E-state index is 12.3. The Balaban J connectivity index is 1.98. The van der Waals surface area contributed by atoms with E-state index in [1.165, 1.54) is 0 Å². The van der Waals surface area contributed by atoms with Gasteiger partial charge in [-0.25, -0.2) is 0 Å². The number of hydrogen-bond donors (Lipinski definition) is 2. The Labute approximate surface area is 144 Å². The number of aromatic nitrogens is 2. The second kappa shape index (κ2) is 6.95. The van der Waals surface area contributed by atoms with E-state index in [2.05, 4.69) is 36.5 Å². The van der Waals surface area contributed by atoms with Gasteiger partial charge in [0.2, 0.25) is 0 Å². The summed E-state index contributed by atoms with van der Waals surface area (Å²) in [6, 6.07) is 0.0665. The van der Waals surface area contributed by atoms with Crippen LogP contribution in [-0.2, 0) is 16.1 Å². The van der Waals surface area contributed by atoms with Crippen molar-refractivity contribution >= 4 is 17.5 Å². The highest BCUT2D eigenvalue weighted by molar-refractivity contribution is 6.39. The molecule has 6 nitrogen and oxygen atoms in total. The van der Waals surface area contributed by atoms with E-state index in [4.69, 9.17) is 0 Å². The van der Waals surface area contributed by atoms with E-state index in [9.17, 15) is 9.59 Å². The van der Waals surface area contributed by atoms with Crippen LogP contribution in [0.1, 0.15) is 58.3 Å². The minimum atomic E-state index is -0.617. The first-order valence-corrected chi connectivity index (χ1v) is 8.80. The van der Waals surface area contributed by atoms with E-state index in [1.54, 1.807) is 0 Å². The number of nitrogens with zero attached hydrogens (tertiary/aromatic N) is 2. The van der Waals surface area contributed by atoms with E-state index >= 15 is 0 Å². The third-order valence-electron chi connectivity index (χ3n) is 5.14. The molecular formula is C18H30N4O2. The molecule has 1 heterocycles. The van der Waals surface area contributed by atoms with Gasteiger partial charge < -0.3 is 10.6 Å². The van der Waals surface area contributed by atoms with E-state index < -0.39 is 11.8 Å². The number of carbonyl (C=O) groups is 2. The minimum Gasteiger partial charge on any atom is -0.345 e. The largest absolute Gasteiger partial charge is 0.345 e. The van der Waals surface area contributed by atoms with Crippen molar-refractivity contribution in [3.63, 3.8) is 0 Å². The summed E-state index contributed by atoms with van der Waals surface area (Å²) in [6.07, 6.45) is 3.03. The fourth-order valence-corrected chi connectivity index (χ4v) is 3.75. The summed E-state index contributed by atoms with van der Waals surface area (Å²) in [4.78, 5) is 24.5. The third kappa shape index (κ3) is 3.97. The van der Waals surface area contributed by atoms with E-state index in [0.717, 1.165) is 37.2 Å². The van der Waals surface area contributed by atoms with E-state index in [0.29, 0.717) is 17.0 Å². The Kier molecular flexibility index (Phi) is 5.35. The summed E-state index contributed by atoms with van der Waals surface area (Å²) in [6.45, 7) is 13.1. The molecule has 0 unspecified atom stereocenters. The summed E-state index contributed by atoms with van der Waals surface area (Å²) in [5.74, 6) is -0.805. The van der Waals surface area contributed by atoms with Gasteiger partial charge in [-0.15, -0.1) is 0 Å². The highest BCUT2D eigenvalue weighted by Gasteiger charge is 2.34. The van der Waals surface area contributed by atoms with Crippen molar-refractivity contribution in [2.24, 2.45) is 11.3 Å². The summed E-state index contributed by atoms with van der Waals surface area (Å²) in [5, 5.41) is 9.98. The second-order valence-corrected chi connectivity index (χ2v) is 7.78. The number of aryl methyl sites for hydroxylation is 2. The molecule has 2 N–H and O–H groups in total. The molecule has 2 amide bonds. The Bertz CT molecular complexity index is 633. The Morgan fingerprint density at radius 1 is 1.29 bits per heavy atom. The number of amides is 2. The summed E-state index contributed by atoms with van der Waals surface area (Å²) in [7, 11) is 0. The molecule has 1 aromatic rings. The summed E-state index contributed by atoms with van der Waals surface area (Å²) in [5.41, 5.74) is 2.54. The molecular weight excluding hydrogens is 304 g/mol. The van der Waals surface area contributed by atoms with Gasteiger partial charge in [-0.3, -0.25) is 14.3 Å². The lowest BCUT2D eigenvalue weighted by Gasteiger charge is -2.39. The molecule has 134 valence electrons. The maximum Gasteiger partial charge on any atom is 0.313 e. The number of rotatable bonds is 3. The van der Waals surface area contributed by atoms with Crippen molar-refractivity contribution in [2.45, 2.75) is 73.4 Å². The van der Waals surface area contributed by atoms with Crippen LogP contribution in [0.15, 0.2) is 0 Å². The van der Waals surface area contributed by atoms with E-state index in [1.807, 2.05) is 25.5 Å². The van der Waals surface area contributed by atoms with Gasteiger partial charge in [-0.1, -0.05) is 20.8 Å². The van der Waals surface area contributed by atoms with E-state index in [-0.39, 0.29) is 6.04 Å². The zero-order valence-electron chi connectivity index (χ0n) is 15.7. The molecule has 6 heteroatoms. The molecule has 1 aliphatic carbocycles. The van der Waals surface area contributed by atoms with Crippen LogP contribution >= 0.6 is 0 Å². The monoisotopic (exact) mass is 334 g/mol. The molecule has 1 aromatic heterocycles. The molecule has 0 saturated heterocycles. The molecule has 0 spiro atoms. The molecule has 0 aliphatic heterocycles. The van der Waals surface area contributed by atoms with Gasteiger partial charge in [0.05, 0.1) is 17.1 Å². The topological polar surface area (TPSA) is 76.0 Å². The first kappa shape index (κ1) is 18.5. The van der Waals surface area contributed by atoms with Crippen molar-refractivity contribution in [1.29, 1.82) is 0 Å². The van der Waals surface area contributed by atoms with Crippen molar-refractivity contribution in [3.8, 4) is 0 Å². The van der Waals surface area contributed by atoms with Crippen molar-refractivity contribution < 1.29 is 9.59 Å². The SMILES string of the molecule is CCn1nc(C)c(NC(=O)C(=O)N[C@@H]2CCC(C)(C)C[C@H]2C)c1C. The molecule has 2 rings (SSSR count). The van der Waals surface area contributed by atoms with Gasteiger partial charge in [0.25, 0.3) is 0 Å². The van der Waals surface area contributed by atoms with Crippen molar-refractivity contribution in [2.75, 3.05) is 5.32 Å². The van der Waals surface area contributed by atoms with Crippen LogP contribution in [0.2, 0.25) is 0 Å². The predicted octanol–water partition coefficient (Wildman–Crippen LogP) is 2.79. The predicted molar refractivity (Wildman–Crippen MR) is 94.7 cm³/mol. The van der Waals surface area contributed by atoms with Crippen LogP contribution in [0.5, 0.6) is 0 Å². The Morgan fingerprint density at radius 2 is 1.96 bits per heavy atom. The van der Waals surface area contributed by atoms with Gasteiger partial charge in [-0.2, -0.15) is 5.10 Å². The number of carbonyl (C=O) groups excluding carboxylic acids is 2. The lowest BCUT2D eigenvalue weighted by molar-refractivity contribution is -0.137. The van der Waals surface area contributed by atoms with Gasteiger partial charge in [-0.05, 0) is 51.4 Å². The zero-order valence-corrected chi connectivity index (χ0v) is 15.7. The third-order valence-corrected chi connectivity index (χ3v) is 5.14. The molecule has 0 radical (unpaired) electrons. The van der Waals surface area contributed by atoms with Crippen LogP contribution in [0.3, 0.4) is 0 Å². The van der Waals surface area contributed by atoms with Gasteiger partial charge in [0, 0.05) is 12.6 Å². The van der Waals surface area contributed by atoms with Crippen LogP contribution in [0, 0.1) is 25.2 Å². The first-order chi connectivity index (χ1) is 11.1. The fourth-order valence-electron chi connectivity index (χ4n) is 3.75. The molecule has 24 heavy (non-hydrogen) atoms. The summed E-state index contributed by atoms with van der Waals surface area (Å²) < 4.78 is 1.81. The molecule has 2 atom stereocenters. The molecule has 0 bridgehead atoms. The summed E-state index contributed by atoms with van der Waals surface area (Å²) >= 11 is 0. The van der Waals surface area contributed by atoms with Gasteiger partial charge in [0.1, 0.15) is 0 Å². The maximum atomic E-state index is 12.3. The lowest BCUT2D eigenvalue weighted by atomic mass is 9.70. The zero-order chi connectivity index (χ0) is 18.1. The van der Waals surface area contributed by atoms with Crippen LogP contribution in [-0.4, -0.2) is 27.6 Å². The quantitative estimate of drug-likeness (QED) is 0.835. The van der Waals surface area contributed by atoms with Gasteiger partial charge >= 0.3 is 11.8 Å². The Morgan fingerprint density at radius 3 is 2.50 bits per heavy atom. The fraction of sp³-hybridized carbons (Fsp3) is 0.722. The van der Waals surface area contributed by atoms with Crippen LogP contribution in [0.25, 0.3) is 0 Å². The number of anilines is 1. The number of nitrogens with one attached hydrogen (secondary N) is 2. The average molecular weight is 334 g/mol. The lowest BCUT2D eigenvalue weighted by Crippen LogP contribution is -2.48. The smallest absolute Gasteiger partial charge is 0.313 e. The normalized spacial score (nSPS) is 22.9. The Hall–Kier alpha value is -1.85. The first-order valence-electron chi connectivity index (χ1n) is 8.80. The molecule has 1 saturated carbocycles. The van der Waals surface area contributed by atoms with Gasteiger partial charge in [0.15, 0.2) is 0 Å².